The molecule has 1 aliphatic heterocycles. The fraction of sp³-hybridized carbons (Fsp3) is 0.833. The maximum atomic E-state index is 10.7. The van der Waals surface area contributed by atoms with Crippen LogP contribution in [-0.4, -0.2) is 29.9 Å². The average molecular weight is 160 g/mol. The van der Waals surface area contributed by atoms with Crippen molar-refractivity contribution in [2.75, 3.05) is 13.6 Å². The standard InChI is InChI=1S/C6H12N2OS/c1-8(6(9)10)5-3-2-4-7-5/h5,7H,2-4H2,1H3,(H,9,10). The molecule has 1 N–H and O–H groups in total. The molecule has 10 heavy (non-hydrogen) atoms. The van der Waals surface area contributed by atoms with E-state index >= 15 is 0 Å². The van der Waals surface area contributed by atoms with Gasteiger partial charge in [0.25, 0.3) is 5.24 Å². The Hall–Kier alpha value is -0.220. The molecule has 0 spiro atoms. The van der Waals surface area contributed by atoms with Crippen molar-refractivity contribution in [2.45, 2.75) is 19.0 Å². The van der Waals surface area contributed by atoms with Crippen LogP contribution >= 0.6 is 12.6 Å². The third-order valence-corrected chi connectivity index (χ3v) is 2.12. The summed E-state index contributed by atoms with van der Waals surface area (Å²) >= 11 is 3.72. The van der Waals surface area contributed by atoms with E-state index < -0.39 is 0 Å². The Morgan fingerprint density at radius 3 is 2.90 bits per heavy atom. The van der Waals surface area contributed by atoms with Crippen LogP contribution in [0.4, 0.5) is 4.79 Å². The third-order valence-electron chi connectivity index (χ3n) is 1.80. The summed E-state index contributed by atoms with van der Waals surface area (Å²) < 4.78 is 0. The van der Waals surface area contributed by atoms with E-state index in [1.54, 1.807) is 11.9 Å². The Balaban J connectivity index is 2.39. The van der Waals surface area contributed by atoms with Gasteiger partial charge in [-0.15, -0.1) is 0 Å². The smallest absolute Gasteiger partial charge is 0.279 e. The molecule has 58 valence electrons. The summed E-state index contributed by atoms with van der Waals surface area (Å²) in [4.78, 5) is 12.3. The number of rotatable bonds is 1. The summed E-state index contributed by atoms with van der Waals surface area (Å²) in [5.41, 5.74) is 0. The third kappa shape index (κ3) is 1.64. The number of nitrogens with zero attached hydrogens (tertiary/aromatic N) is 1. The predicted molar refractivity (Wildman–Crippen MR) is 43.2 cm³/mol. The SMILES string of the molecule is CN(C(=O)S)C1CCCN1. The number of amides is 1. The summed E-state index contributed by atoms with van der Waals surface area (Å²) in [5, 5.41) is 3.03. The second-order valence-electron chi connectivity index (χ2n) is 2.51. The Labute approximate surface area is 66.2 Å². The van der Waals surface area contributed by atoms with E-state index in [1.165, 1.54) is 0 Å². The van der Waals surface area contributed by atoms with Crippen molar-refractivity contribution in [1.82, 2.24) is 10.2 Å². The fourth-order valence-corrected chi connectivity index (χ4v) is 1.27. The van der Waals surface area contributed by atoms with Crippen LogP contribution in [0.2, 0.25) is 0 Å². The first-order chi connectivity index (χ1) is 4.72. The van der Waals surface area contributed by atoms with Gasteiger partial charge in [-0.25, -0.2) is 0 Å². The number of nitrogens with one attached hydrogen (secondary N) is 1. The summed E-state index contributed by atoms with van der Waals surface area (Å²) in [7, 11) is 1.76. The number of hydrogen-bond acceptors (Lipinski definition) is 2. The zero-order chi connectivity index (χ0) is 7.56. The molecule has 1 unspecified atom stereocenters. The van der Waals surface area contributed by atoms with Crippen LogP contribution in [0.15, 0.2) is 0 Å². The monoisotopic (exact) mass is 160 g/mol. The van der Waals surface area contributed by atoms with E-state index in [-0.39, 0.29) is 11.4 Å². The summed E-state index contributed by atoms with van der Waals surface area (Å²) in [6.45, 7) is 1.01. The largest absolute Gasteiger partial charge is 0.321 e. The zero-order valence-corrected chi connectivity index (χ0v) is 6.90. The van der Waals surface area contributed by atoms with E-state index in [9.17, 15) is 4.79 Å². The van der Waals surface area contributed by atoms with Gasteiger partial charge in [0.15, 0.2) is 0 Å². The van der Waals surface area contributed by atoms with Gasteiger partial charge < -0.3 is 4.90 Å². The highest BCUT2D eigenvalue weighted by Gasteiger charge is 2.20. The minimum absolute atomic E-state index is 0.167. The maximum Gasteiger partial charge on any atom is 0.279 e. The van der Waals surface area contributed by atoms with Crippen molar-refractivity contribution in [1.29, 1.82) is 0 Å². The van der Waals surface area contributed by atoms with Gasteiger partial charge >= 0.3 is 0 Å². The number of thiol groups is 1. The molecule has 0 radical (unpaired) electrons. The minimum atomic E-state index is -0.167. The van der Waals surface area contributed by atoms with E-state index in [2.05, 4.69) is 17.9 Å². The van der Waals surface area contributed by atoms with Crippen LogP contribution in [0.5, 0.6) is 0 Å². The first-order valence-electron chi connectivity index (χ1n) is 3.41. The van der Waals surface area contributed by atoms with Crippen LogP contribution < -0.4 is 5.32 Å². The van der Waals surface area contributed by atoms with E-state index in [0.29, 0.717) is 0 Å². The van der Waals surface area contributed by atoms with Crippen molar-refractivity contribution in [3.05, 3.63) is 0 Å². The van der Waals surface area contributed by atoms with Crippen molar-refractivity contribution in [3.8, 4) is 0 Å². The molecule has 1 saturated heterocycles. The molecule has 1 heterocycles. The van der Waals surface area contributed by atoms with Crippen molar-refractivity contribution in [3.63, 3.8) is 0 Å². The number of carbonyl (C=O) groups excluding carboxylic acids is 1. The highest BCUT2D eigenvalue weighted by Crippen LogP contribution is 2.09. The molecule has 1 fully saturated rings. The normalized spacial score (nSPS) is 24.8. The quantitative estimate of drug-likeness (QED) is 0.553. The fourth-order valence-electron chi connectivity index (χ4n) is 1.13. The lowest BCUT2D eigenvalue weighted by molar-refractivity contribution is 0.210. The molecule has 4 heteroatoms. The average Bonchev–Trinajstić information content (AvgIpc) is 2.36. The lowest BCUT2D eigenvalue weighted by atomic mass is 10.3. The second kappa shape index (κ2) is 3.25. The Bertz CT molecular complexity index is 134. The van der Waals surface area contributed by atoms with Gasteiger partial charge in [-0.2, -0.15) is 0 Å². The minimum Gasteiger partial charge on any atom is -0.321 e. The highest BCUT2D eigenvalue weighted by molar-refractivity contribution is 7.96. The van der Waals surface area contributed by atoms with Crippen LogP contribution in [0.1, 0.15) is 12.8 Å². The molecule has 3 nitrogen and oxygen atoms in total. The van der Waals surface area contributed by atoms with Gasteiger partial charge in [0.05, 0.1) is 6.17 Å². The summed E-state index contributed by atoms with van der Waals surface area (Å²) in [5.74, 6) is 0. The molecule has 0 aromatic rings. The first-order valence-corrected chi connectivity index (χ1v) is 3.85. The molecule has 1 amide bonds. The molecular weight excluding hydrogens is 148 g/mol. The van der Waals surface area contributed by atoms with Crippen LogP contribution in [-0.2, 0) is 0 Å². The maximum absolute atomic E-state index is 10.7. The van der Waals surface area contributed by atoms with Gasteiger partial charge in [0.2, 0.25) is 0 Å². The van der Waals surface area contributed by atoms with Gasteiger partial charge in [-0.3, -0.25) is 10.1 Å². The van der Waals surface area contributed by atoms with Crippen LogP contribution in [0.3, 0.4) is 0 Å². The van der Waals surface area contributed by atoms with E-state index in [0.717, 1.165) is 19.4 Å². The number of carbonyl (C=O) groups is 1. The Morgan fingerprint density at radius 2 is 2.50 bits per heavy atom. The molecule has 0 saturated carbocycles. The van der Waals surface area contributed by atoms with Crippen LogP contribution in [0, 0.1) is 0 Å². The Kier molecular flexibility index (Phi) is 2.56. The van der Waals surface area contributed by atoms with Gasteiger partial charge in [-0.05, 0) is 19.4 Å². The Morgan fingerprint density at radius 1 is 1.80 bits per heavy atom. The molecule has 1 rings (SSSR count). The molecule has 1 atom stereocenters. The lowest BCUT2D eigenvalue weighted by Crippen LogP contribution is -2.40. The molecular formula is C6H12N2OS. The first kappa shape index (κ1) is 7.88. The number of hydrogen-bond donors (Lipinski definition) is 2. The van der Waals surface area contributed by atoms with E-state index in [4.69, 9.17) is 0 Å². The van der Waals surface area contributed by atoms with Crippen LogP contribution in [0.25, 0.3) is 0 Å². The molecule has 0 bridgehead atoms. The molecule has 0 aliphatic carbocycles. The van der Waals surface area contributed by atoms with Gasteiger partial charge in [0, 0.05) is 7.05 Å². The van der Waals surface area contributed by atoms with Gasteiger partial charge in [0.1, 0.15) is 0 Å². The second-order valence-corrected chi connectivity index (χ2v) is 2.89. The van der Waals surface area contributed by atoms with Crippen molar-refractivity contribution in [2.24, 2.45) is 0 Å². The summed E-state index contributed by atoms with van der Waals surface area (Å²) in [6, 6.07) is 0. The topological polar surface area (TPSA) is 32.3 Å². The molecule has 0 aromatic heterocycles. The van der Waals surface area contributed by atoms with Crippen molar-refractivity contribution >= 4 is 17.9 Å². The lowest BCUT2D eigenvalue weighted by Gasteiger charge is -2.21. The summed E-state index contributed by atoms with van der Waals surface area (Å²) in [6.07, 6.45) is 2.41. The molecule has 1 aliphatic rings. The zero-order valence-electron chi connectivity index (χ0n) is 6.00. The molecule has 0 aromatic carbocycles. The predicted octanol–water partition coefficient (Wildman–Crippen LogP) is 0.677. The van der Waals surface area contributed by atoms with E-state index in [1.807, 2.05) is 0 Å². The van der Waals surface area contributed by atoms with Crippen molar-refractivity contribution < 1.29 is 4.79 Å². The van der Waals surface area contributed by atoms with Gasteiger partial charge in [-0.1, -0.05) is 12.6 Å². The highest BCUT2D eigenvalue weighted by atomic mass is 32.1.